The number of anilines is 1. The summed E-state index contributed by atoms with van der Waals surface area (Å²) in [4.78, 5) is 0. The van der Waals surface area contributed by atoms with Crippen molar-refractivity contribution in [2.75, 3.05) is 5.43 Å². The van der Waals surface area contributed by atoms with Crippen LogP contribution in [0.1, 0.15) is 11.7 Å². The molecule has 1 unspecified atom stereocenters. The van der Waals surface area contributed by atoms with E-state index in [2.05, 4.69) is 5.43 Å². The molecule has 0 fully saturated rings. The Balaban J connectivity index is 2.87. The molecule has 14 heavy (non-hydrogen) atoms. The molecular weight excluding hydrogens is 197 g/mol. The first-order chi connectivity index (χ1) is 6.45. The van der Waals surface area contributed by atoms with Crippen LogP contribution in [0.2, 0.25) is 0 Å². The van der Waals surface area contributed by atoms with Gasteiger partial charge in [-0.3, -0.25) is 5.84 Å². The van der Waals surface area contributed by atoms with Gasteiger partial charge in [0.05, 0.1) is 0 Å². The molecule has 1 atom stereocenters. The van der Waals surface area contributed by atoms with Crippen molar-refractivity contribution < 1.29 is 18.3 Å². The summed E-state index contributed by atoms with van der Waals surface area (Å²) in [7, 11) is 0. The maximum atomic E-state index is 12.0. The van der Waals surface area contributed by atoms with Crippen molar-refractivity contribution in [1.82, 2.24) is 0 Å². The Morgan fingerprint density at radius 1 is 1.21 bits per heavy atom. The highest BCUT2D eigenvalue weighted by Crippen LogP contribution is 2.32. The number of aliphatic hydroxyl groups excluding tert-OH is 1. The fourth-order valence-electron chi connectivity index (χ4n) is 0.951. The molecule has 0 aromatic heterocycles. The van der Waals surface area contributed by atoms with Crippen molar-refractivity contribution >= 4 is 5.69 Å². The van der Waals surface area contributed by atoms with E-state index in [1.807, 2.05) is 0 Å². The molecule has 0 aliphatic rings. The van der Waals surface area contributed by atoms with Crippen LogP contribution in [0.25, 0.3) is 0 Å². The zero-order chi connectivity index (χ0) is 10.8. The molecule has 0 radical (unpaired) electrons. The van der Waals surface area contributed by atoms with Crippen molar-refractivity contribution in [2.45, 2.75) is 12.3 Å². The number of aliphatic hydroxyl groups is 1. The van der Waals surface area contributed by atoms with Gasteiger partial charge in [-0.15, -0.1) is 0 Å². The Labute approximate surface area is 78.3 Å². The predicted molar refractivity (Wildman–Crippen MR) is 45.3 cm³/mol. The summed E-state index contributed by atoms with van der Waals surface area (Å²) < 4.78 is 36.1. The van der Waals surface area contributed by atoms with Gasteiger partial charge in [0.2, 0.25) is 0 Å². The first-order valence-corrected chi connectivity index (χ1v) is 3.76. The quantitative estimate of drug-likeness (QED) is 0.508. The Hall–Kier alpha value is -1.27. The molecule has 1 rings (SSSR count). The van der Waals surface area contributed by atoms with Crippen LogP contribution in [0.15, 0.2) is 24.3 Å². The maximum absolute atomic E-state index is 12.0. The van der Waals surface area contributed by atoms with Crippen molar-refractivity contribution in [1.29, 1.82) is 0 Å². The van der Waals surface area contributed by atoms with E-state index in [0.29, 0.717) is 5.69 Å². The van der Waals surface area contributed by atoms with Gasteiger partial charge >= 0.3 is 6.18 Å². The van der Waals surface area contributed by atoms with E-state index < -0.39 is 12.3 Å². The number of hydrazine groups is 1. The number of nitrogens with one attached hydrogen (secondary N) is 1. The zero-order valence-electron chi connectivity index (χ0n) is 7.05. The van der Waals surface area contributed by atoms with Crippen molar-refractivity contribution in [3.8, 4) is 0 Å². The van der Waals surface area contributed by atoms with Crippen LogP contribution < -0.4 is 11.3 Å². The van der Waals surface area contributed by atoms with Gasteiger partial charge in [-0.25, -0.2) is 0 Å². The van der Waals surface area contributed by atoms with Gasteiger partial charge in [0.15, 0.2) is 6.10 Å². The molecule has 0 heterocycles. The van der Waals surface area contributed by atoms with E-state index in [0.717, 1.165) is 12.1 Å². The smallest absolute Gasteiger partial charge is 0.379 e. The summed E-state index contributed by atoms with van der Waals surface area (Å²) in [5, 5.41) is 8.84. The summed E-state index contributed by atoms with van der Waals surface area (Å²) in [5.41, 5.74) is 2.53. The molecule has 0 bridgehead atoms. The Kier molecular flexibility index (Phi) is 2.97. The Bertz CT molecular complexity index is 296. The van der Waals surface area contributed by atoms with Gasteiger partial charge in [0, 0.05) is 5.69 Å². The zero-order valence-corrected chi connectivity index (χ0v) is 7.05. The number of hydrogen-bond acceptors (Lipinski definition) is 3. The summed E-state index contributed by atoms with van der Waals surface area (Å²) in [6.45, 7) is 0. The maximum Gasteiger partial charge on any atom is 0.418 e. The third-order valence-corrected chi connectivity index (χ3v) is 1.70. The largest absolute Gasteiger partial charge is 0.418 e. The Morgan fingerprint density at radius 3 is 2.07 bits per heavy atom. The fraction of sp³-hybridized carbons (Fsp3) is 0.250. The number of benzene rings is 1. The topological polar surface area (TPSA) is 58.3 Å². The van der Waals surface area contributed by atoms with Crippen LogP contribution in [-0.4, -0.2) is 11.3 Å². The monoisotopic (exact) mass is 206 g/mol. The molecule has 78 valence electrons. The molecule has 0 amide bonds. The van der Waals surface area contributed by atoms with Crippen LogP contribution >= 0.6 is 0 Å². The summed E-state index contributed by atoms with van der Waals surface area (Å²) in [6.07, 6.45) is -7.09. The second-order valence-corrected chi connectivity index (χ2v) is 2.71. The van der Waals surface area contributed by atoms with Crippen LogP contribution in [0.5, 0.6) is 0 Å². The molecule has 1 aromatic carbocycles. The SMILES string of the molecule is NNc1ccc(C(O)C(F)(F)F)cc1. The van der Waals surface area contributed by atoms with Gasteiger partial charge in [-0.2, -0.15) is 13.2 Å². The van der Waals surface area contributed by atoms with Gasteiger partial charge in [0.1, 0.15) is 0 Å². The van der Waals surface area contributed by atoms with Crippen LogP contribution in [0, 0.1) is 0 Å². The van der Waals surface area contributed by atoms with Crippen LogP contribution in [0.3, 0.4) is 0 Å². The molecule has 0 aliphatic heterocycles. The lowest BCUT2D eigenvalue weighted by molar-refractivity contribution is -0.206. The second-order valence-electron chi connectivity index (χ2n) is 2.71. The Morgan fingerprint density at radius 2 is 1.71 bits per heavy atom. The lowest BCUT2D eigenvalue weighted by atomic mass is 10.1. The summed E-state index contributed by atoms with van der Waals surface area (Å²) >= 11 is 0. The van der Waals surface area contributed by atoms with Gasteiger partial charge in [-0.05, 0) is 17.7 Å². The molecule has 0 spiro atoms. The molecule has 0 saturated heterocycles. The van der Waals surface area contributed by atoms with Crippen molar-refractivity contribution in [3.05, 3.63) is 29.8 Å². The minimum Gasteiger partial charge on any atom is -0.379 e. The minimum absolute atomic E-state index is 0.212. The molecule has 6 heteroatoms. The number of hydrogen-bond donors (Lipinski definition) is 3. The first kappa shape index (κ1) is 10.8. The predicted octanol–water partition coefficient (Wildman–Crippen LogP) is 1.57. The van der Waals surface area contributed by atoms with E-state index >= 15 is 0 Å². The third-order valence-electron chi connectivity index (χ3n) is 1.70. The molecular formula is C8H9F3N2O. The second kappa shape index (κ2) is 3.85. The fourth-order valence-corrected chi connectivity index (χ4v) is 0.951. The summed E-state index contributed by atoms with van der Waals surface area (Å²) in [6, 6.07) is 5.02. The summed E-state index contributed by atoms with van der Waals surface area (Å²) in [5.74, 6) is 5.03. The van der Waals surface area contributed by atoms with Gasteiger partial charge < -0.3 is 10.5 Å². The average Bonchev–Trinajstić information content (AvgIpc) is 2.15. The molecule has 0 saturated carbocycles. The van der Waals surface area contributed by atoms with E-state index in [1.54, 1.807) is 0 Å². The number of nitrogen functional groups attached to an aromatic ring is 1. The number of alkyl halides is 3. The number of nitrogens with two attached hydrogens (primary N) is 1. The van der Waals surface area contributed by atoms with Gasteiger partial charge in [0.25, 0.3) is 0 Å². The van der Waals surface area contributed by atoms with E-state index in [-0.39, 0.29) is 5.56 Å². The lowest BCUT2D eigenvalue weighted by Gasteiger charge is -2.14. The molecule has 1 aromatic rings. The van der Waals surface area contributed by atoms with E-state index in [4.69, 9.17) is 10.9 Å². The van der Waals surface area contributed by atoms with Crippen molar-refractivity contribution in [3.63, 3.8) is 0 Å². The van der Waals surface area contributed by atoms with Crippen LogP contribution in [-0.2, 0) is 0 Å². The van der Waals surface area contributed by atoms with Gasteiger partial charge in [-0.1, -0.05) is 12.1 Å². The minimum atomic E-state index is -4.64. The normalized spacial score (nSPS) is 13.8. The van der Waals surface area contributed by atoms with Crippen molar-refractivity contribution in [2.24, 2.45) is 5.84 Å². The number of rotatable bonds is 2. The highest BCUT2D eigenvalue weighted by Gasteiger charge is 2.39. The highest BCUT2D eigenvalue weighted by molar-refractivity contribution is 5.43. The number of halogens is 3. The first-order valence-electron chi connectivity index (χ1n) is 3.76. The average molecular weight is 206 g/mol. The molecule has 4 N–H and O–H groups in total. The third kappa shape index (κ3) is 2.36. The molecule has 3 nitrogen and oxygen atoms in total. The van der Waals surface area contributed by atoms with E-state index in [9.17, 15) is 13.2 Å². The van der Waals surface area contributed by atoms with Crippen LogP contribution in [0.4, 0.5) is 18.9 Å². The highest BCUT2D eigenvalue weighted by atomic mass is 19.4. The molecule has 0 aliphatic carbocycles. The standard InChI is InChI=1S/C8H9F3N2O/c9-8(10,11)7(14)5-1-3-6(13-12)4-2-5/h1-4,7,13-14H,12H2. The van der Waals surface area contributed by atoms with E-state index in [1.165, 1.54) is 12.1 Å². The lowest BCUT2D eigenvalue weighted by Crippen LogP contribution is -2.20.